The summed E-state index contributed by atoms with van der Waals surface area (Å²) in [5.74, 6) is 1.87. The molecule has 28 heavy (non-hydrogen) atoms. The number of benzene rings is 1. The van der Waals surface area contributed by atoms with Crippen LogP contribution in [0.2, 0.25) is 0 Å². The monoisotopic (exact) mass is 392 g/mol. The summed E-state index contributed by atoms with van der Waals surface area (Å²) in [5.41, 5.74) is 3.33. The lowest BCUT2D eigenvalue weighted by molar-refractivity contribution is 0.0697. The molecule has 3 aliphatic rings. The van der Waals surface area contributed by atoms with Gasteiger partial charge in [0.15, 0.2) is 0 Å². The highest BCUT2D eigenvalue weighted by atomic mass is 32.1. The first-order valence-electron chi connectivity index (χ1n) is 10.5. The van der Waals surface area contributed by atoms with Crippen molar-refractivity contribution in [1.82, 2.24) is 4.90 Å². The van der Waals surface area contributed by atoms with E-state index in [1.165, 1.54) is 21.0 Å². The highest BCUT2D eigenvalue weighted by Crippen LogP contribution is 2.50. The number of aryl methyl sites for hydroxylation is 1. The summed E-state index contributed by atoms with van der Waals surface area (Å²) >= 11 is 1.89. The van der Waals surface area contributed by atoms with Crippen LogP contribution in [0.5, 0.6) is 0 Å². The van der Waals surface area contributed by atoms with Crippen molar-refractivity contribution < 1.29 is 4.79 Å². The van der Waals surface area contributed by atoms with Crippen LogP contribution < -0.4 is 5.32 Å². The SMILES string of the molecule is Cc1ccc(C2Nc3ccc(C(=O)N4CCC(C)CC4)cc3C3C=CCC32)s1. The summed E-state index contributed by atoms with van der Waals surface area (Å²) in [6.07, 6.45) is 8.01. The molecule has 3 unspecified atom stereocenters. The minimum Gasteiger partial charge on any atom is -0.377 e. The average molecular weight is 393 g/mol. The second-order valence-corrected chi connectivity index (χ2v) is 10.0. The Morgan fingerprint density at radius 3 is 2.75 bits per heavy atom. The normalized spacial score (nSPS) is 26.6. The van der Waals surface area contributed by atoms with Crippen LogP contribution >= 0.6 is 11.3 Å². The van der Waals surface area contributed by atoms with Crippen LogP contribution in [0, 0.1) is 18.8 Å². The van der Waals surface area contributed by atoms with E-state index in [4.69, 9.17) is 0 Å². The zero-order valence-corrected chi connectivity index (χ0v) is 17.5. The van der Waals surface area contributed by atoms with E-state index in [1.807, 2.05) is 22.3 Å². The van der Waals surface area contributed by atoms with Gasteiger partial charge in [-0.15, -0.1) is 11.3 Å². The molecule has 1 amide bonds. The molecule has 3 nitrogen and oxygen atoms in total. The predicted octanol–water partition coefficient (Wildman–Crippen LogP) is 5.76. The number of thiophene rings is 1. The van der Waals surface area contributed by atoms with Gasteiger partial charge in [-0.1, -0.05) is 19.1 Å². The van der Waals surface area contributed by atoms with Gasteiger partial charge in [-0.2, -0.15) is 0 Å². The molecule has 3 atom stereocenters. The number of piperidine rings is 1. The summed E-state index contributed by atoms with van der Waals surface area (Å²) in [6, 6.07) is 11.2. The van der Waals surface area contributed by atoms with E-state index in [-0.39, 0.29) is 5.91 Å². The number of nitrogens with one attached hydrogen (secondary N) is 1. The van der Waals surface area contributed by atoms with Gasteiger partial charge >= 0.3 is 0 Å². The molecule has 0 saturated carbocycles. The molecule has 1 N–H and O–H groups in total. The minimum absolute atomic E-state index is 0.198. The lowest BCUT2D eigenvalue weighted by Crippen LogP contribution is -2.38. The third-order valence-electron chi connectivity index (χ3n) is 6.75. The molecular formula is C24H28N2OS. The van der Waals surface area contributed by atoms with E-state index in [0.717, 1.165) is 43.8 Å². The van der Waals surface area contributed by atoms with Gasteiger partial charge in [0.1, 0.15) is 0 Å². The molecule has 1 aliphatic carbocycles. The number of allylic oxidation sites excluding steroid dienone is 2. The third kappa shape index (κ3) is 3.08. The average Bonchev–Trinajstić information content (AvgIpc) is 3.36. The summed E-state index contributed by atoms with van der Waals surface area (Å²) < 4.78 is 0. The topological polar surface area (TPSA) is 32.3 Å². The van der Waals surface area contributed by atoms with Crippen LogP contribution in [0.15, 0.2) is 42.5 Å². The lowest BCUT2D eigenvalue weighted by Gasteiger charge is -2.37. The maximum absolute atomic E-state index is 13.1. The molecular weight excluding hydrogens is 364 g/mol. The Bertz CT molecular complexity index is 922. The van der Waals surface area contributed by atoms with Gasteiger partial charge in [-0.05, 0) is 73.9 Å². The zero-order valence-electron chi connectivity index (χ0n) is 16.7. The molecule has 2 aromatic rings. The molecule has 0 radical (unpaired) electrons. The molecule has 1 aromatic heterocycles. The number of fused-ring (bicyclic) bond motifs is 3. The van der Waals surface area contributed by atoms with Crippen LogP contribution in [0.4, 0.5) is 5.69 Å². The van der Waals surface area contributed by atoms with Crippen LogP contribution in [0.1, 0.15) is 63.8 Å². The second-order valence-electron chi connectivity index (χ2n) is 8.70. The summed E-state index contributed by atoms with van der Waals surface area (Å²) in [5, 5.41) is 3.80. The molecule has 1 saturated heterocycles. The first-order valence-corrected chi connectivity index (χ1v) is 11.3. The number of likely N-dealkylation sites (tertiary alicyclic amines) is 1. The van der Waals surface area contributed by atoms with Gasteiger partial charge in [0.05, 0.1) is 6.04 Å². The molecule has 1 fully saturated rings. The van der Waals surface area contributed by atoms with Crippen LogP contribution in [-0.2, 0) is 0 Å². The number of carbonyl (C=O) groups is 1. The smallest absolute Gasteiger partial charge is 0.253 e. The van der Waals surface area contributed by atoms with Crippen molar-refractivity contribution in [2.75, 3.05) is 18.4 Å². The van der Waals surface area contributed by atoms with Crippen molar-refractivity contribution in [1.29, 1.82) is 0 Å². The van der Waals surface area contributed by atoms with Crippen molar-refractivity contribution in [3.63, 3.8) is 0 Å². The fourth-order valence-corrected chi connectivity index (χ4v) is 6.03. The fourth-order valence-electron chi connectivity index (χ4n) is 5.02. The standard InChI is InChI=1S/C24H28N2OS/c1-15-10-12-26(13-11-15)24(27)17-7-8-21-20(14-17)18-4-3-5-19(18)23(25-21)22-9-6-16(2)28-22/h3-4,6-9,14-15,18-19,23,25H,5,10-13H2,1-2H3. The van der Waals surface area contributed by atoms with E-state index in [2.05, 4.69) is 55.6 Å². The van der Waals surface area contributed by atoms with Crippen molar-refractivity contribution in [3.05, 3.63) is 63.4 Å². The third-order valence-corrected chi connectivity index (χ3v) is 7.83. The minimum atomic E-state index is 0.198. The van der Waals surface area contributed by atoms with Crippen LogP contribution in [0.25, 0.3) is 0 Å². The van der Waals surface area contributed by atoms with E-state index in [1.54, 1.807) is 0 Å². The number of nitrogens with zero attached hydrogens (tertiary/aromatic N) is 1. The van der Waals surface area contributed by atoms with Gasteiger partial charge in [-0.25, -0.2) is 0 Å². The Labute approximate surface area is 171 Å². The Hall–Kier alpha value is -2.07. The van der Waals surface area contributed by atoms with Gasteiger partial charge < -0.3 is 10.2 Å². The summed E-state index contributed by atoms with van der Waals surface area (Å²) in [4.78, 5) is 17.9. The van der Waals surface area contributed by atoms with Crippen molar-refractivity contribution >= 4 is 22.9 Å². The van der Waals surface area contributed by atoms with Crippen molar-refractivity contribution in [2.45, 2.75) is 45.1 Å². The number of hydrogen-bond donors (Lipinski definition) is 1. The highest BCUT2D eigenvalue weighted by Gasteiger charge is 2.38. The Morgan fingerprint density at radius 2 is 2.00 bits per heavy atom. The lowest BCUT2D eigenvalue weighted by atomic mass is 9.78. The van der Waals surface area contributed by atoms with Crippen molar-refractivity contribution in [3.8, 4) is 0 Å². The molecule has 3 heterocycles. The first-order chi connectivity index (χ1) is 13.6. The summed E-state index contributed by atoms with van der Waals surface area (Å²) in [7, 11) is 0. The Morgan fingerprint density at radius 1 is 1.18 bits per heavy atom. The molecule has 0 spiro atoms. The summed E-state index contributed by atoms with van der Waals surface area (Å²) in [6.45, 7) is 6.24. The van der Waals surface area contributed by atoms with Crippen LogP contribution in [-0.4, -0.2) is 23.9 Å². The maximum Gasteiger partial charge on any atom is 0.253 e. The molecule has 1 aromatic carbocycles. The Balaban J connectivity index is 1.44. The highest BCUT2D eigenvalue weighted by molar-refractivity contribution is 7.12. The fraction of sp³-hybridized carbons (Fsp3) is 0.458. The van der Waals surface area contributed by atoms with Gasteiger partial charge in [0.25, 0.3) is 5.91 Å². The number of rotatable bonds is 2. The maximum atomic E-state index is 13.1. The zero-order chi connectivity index (χ0) is 19.3. The second kappa shape index (κ2) is 7.07. The molecule has 5 rings (SSSR count). The molecule has 2 aliphatic heterocycles. The number of carbonyl (C=O) groups excluding carboxylic acids is 1. The van der Waals surface area contributed by atoms with Crippen LogP contribution in [0.3, 0.4) is 0 Å². The Kier molecular flexibility index (Phi) is 4.54. The van der Waals surface area contributed by atoms with Gasteiger partial charge in [0.2, 0.25) is 0 Å². The van der Waals surface area contributed by atoms with E-state index >= 15 is 0 Å². The first kappa shape index (κ1) is 18.0. The van der Waals surface area contributed by atoms with Gasteiger partial charge in [0, 0.05) is 40.0 Å². The predicted molar refractivity (Wildman–Crippen MR) is 116 cm³/mol. The largest absolute Gasteiger partial charge is 0.377 e. The number of amides is 1. The van der Waals surface area contributed by atoms with Crippen molar-refractivity contribution in [2.24, 2.45) is 11.8 Å². The molecule has 146 valence electrons. The van der Waals surface area contributed by atoms with E-state index in [9.17, 15) is 4.79 Å². The molecule has 4 heteroatoms. The number of anilines is 1. The number of hydrogen-bond acceptors (Lipinski definition) is 3. The quantitative estimate of drug-likeness (QED) is 0.660. The molecule has 0 bridgehead atoms. The van der Waals surface area contributed by atoms with Gasteiger partial charge in [-0.3, -0.25) is 4.79 Å². The van der Waals surface area contributed by atoms with E-state index < -0.39 is 0 Å². The van der Waals surface area contributed by atoms with E-state index in [0.29, 0.717) is 17.9 Å².